The van der Waals surface area contributed by atoms with Crippen LogP contribution in [0.25, 0.3) is 22.4 Å². The van der Waals surface area contributed by atoms with Crippen LogP contribution in [0.1, 0.15) is 71.1 Å². The first-order chi connectivity index (χ1) is 14.2. The van der Waals surface area contributed by atoms with E-state index in [-0.39, 0.29) is 0 Å². The van der Waals surface area contributed by atoms with Gasteiger partial charge in [-0.15, -0.1) is 0 Å². The highest BCUT2D eigenvalue weighted by Gasteiger charge is 2.15. The van der Waals surface area contributed by atoms with Crippen molar-refractivity contribution >= 4 is 34.2 Å². The molecule has 0 aliphatic heterocycles. The van der Waals surface area contributed by atoms with E-state index < -0.39 is 0 Å². The Labute approximate surface area is 185 Å². The molecule has 4 heteroatoms. The molecule has 0 saturated carbocycles. The Balaban J connectivity index is 1.59. The average molecular weight is 431 g/mol. The summed E-state index contributed by atoms with van der Waals surface area (Å²) >= 11 is 12.6. The molecule has 0 N–H and O–H groups in total. The minimum absolute atomic E-state index is 0.649. The van der Waals surface area contributed by atoms with E-state index in [1.165, 1.54) is 63.3 Å². The number of para-hydroxylation sites is 2. The van der Waals surface area contributed by atoms with E-state index in [0.717, 1.165) is 29.9 Å². The Morgan fingerprint density at radius 2 is 1.45 bits per heavy atom. The summed E-state index contributed by atoms with van der Waals surface area (Å²) in [6.07, 6.45) is 13.4. The van der Waals surface area contributed by atoms with E-state index in [0.29, 0.717) is 10.0 Å². The normalized spacial score (nSPS) is 11.4. The smallest absolute Gasteiger partial charge is 0.142 e. The van der Waals surface area contributed by atoms with Crippen LogP contribution in [-0.2, 0) is 6.54 Å². The van der Waals surface area contributed by atoms with Gasteiger partial charge in [0.1, 0.15) is 5.82 Å². The summed E-state index contributed by atoms with van der Waals surface area (Å²) in [5.41, 5.74) is 3.13. The maximum absolute atomic E-state index is 6.49. The molecule has 0 aliphatic carbocycles. The monoisotopic (exact) mass is 430 g/mol. The molecule has 0 spiro atoms. The molecule has 0 aliphatic rings. The van der Waals surface area contributed by atoms with Crippen LogP contribution >= 0.6 is 23.2 Å². The van der Waals surface area contributed by atoms with Gasteiger partial charge in [0.15, 0.2) is 0 Å². The molecule has 0 amide bonds. The van der Waals surface area contributed by atoms with Crippen LogP contribution in [0.4, 0.5) is 0 Å². The van der Waals surface area contributed by atoms with Gasteiger partial charge in [-0.25, -0.2) is 4.98 Å². The lowest BCUT2D eigenvalue weighted by Gasteiger charge is -2.11. The van der Waals surface area contributed by atoms with Gasteiger partial charge in [-0.05, 0) is 36.8 Å². The predicted molar refractivity (Wildman–Crippen MR) is 127 cm³/mol. The highest BCUT2D eigenvalue weighted by Crippen LogP contribution is 2.32. The number of unbranched alkanes of at least 4 members (excludes halogenated alkanes) is 9. The van der Waals surface area contributed by atoms with E-state index in [1.807, 2.05) is 18.2 Å². The minimum Gasteiger partial charge on any atom is -0.324 e. The number of hydrogen-bond donors (Lipinski definition) is 0. The molecule has 3 aromatic rings. The van der Waals surface area contributed by atoms with Crippen molar-refractivity contribution in [2.24, 2.45) is 0 Å². The van der Waals surface area contributed by atoms with Crippen molar-refractivity contribution in [3.8, 4) is 11.4 Å². The highest BCUT2D eigenvalue weighted by molar-refractivity contribution is 6.36. The lowest BCUT2D eigenvalue weighted by Crippen LogP contribution is -2.01. The molecular formula is C25H32Cl2N2. The second-order valence-corrected chi connectivity index (χ2v) is 8.73. The van der Waals surface area contributed by atoms with Crippen LogP contribution in [0.3, 0.4) is 0 Å². The van der Waals surface area contributed by atoms with E-state index >= 15 is 0 Å². The predicted octanol–water partition coefficient (Wildman–Crippen LogP) is 8.93. The molecule has 2 nitrogen and oxygen atoms in total. The zero-order chi connectivity index (χ0) is 20.5. The molecule has 0 radical (unpaired) electrons. The van der Waals surface area contributed by atoms with Gasteiger partial charge in [-0.1, -0.05) is 100 Å². The largest absolute Gasteiger partial charge is 0.324 e. The van der Waals surface area contributed by atoms with Crippen LogP contribution in [0.15, 0.2) is 42.5 Å². The minimum atomic E-state index is 0.649. The summed E-state index contributed by atoms with van der Waals surface area (Å²) < 4.78 is 2.31. The van der Waals surface area contributed by atoms with Crippen LogP contribution in [0, 0.1) is 0 Å². The first kappa shape index (κ1) is 22.2. The van der Waals surface area contributed by atoms with E-state index in [4.69, 9.17) is 28.2 Å². The van der Waals surface area contributed by atoms with Gasteiger partial charge in [0.05, 0.1) is 16.1 Å². The van der Waals surface area contributed by atoms with Crippen molar-refractivity contribution in [2.45, 2.75) is 77.7 Å². The molecule has 3 rings (SSSR count). The van der Waals surface area contributed by atoms with Gasteiger partial charge in [-0.3, -0.25) is 0 Å². The van der Waals surface area contributed by atoms with Crippen molar-refractivity contribution in [3.05, 3.63) is 52.5 Å². The average Bonchev–Trinajstić information content (AvgIpc) is 3.08. The number of aryl methyl sites for hydroxylation is 1. The number of fused-ring (bicyclic) bond motifs is 1. The first-order valence-corrected chi connectivity index (χ1v) is 11.9. The lowest BCUT2D eigenvalue weighted by molar-refractivity contribution is 0.539. The molecule has 0 atom stereocenters. The fraction of sp³-hybridized carbons (Fsp3) is 0.480. The molecule has 0 unspecified atom stereocenters. The zero-order valence-electron chi connectivity index (χ0n) is 17.5. The Hall–Kier alpha value is -1.51. The van der Waals surface area contributed by atoms with Gasteiger partial charge in [0.25, 0.3) is 0 Å². The number of nitrogens with zero attached hydrogens (tertiary/aromatic N) is 2. The van der Waals surface area contributed by atoms with Crippen LogP contribution < -0.4 is 0 Å². The molecule has 156 valence electrons. The Morgan fingerprint density at radius 1 is 0.793 bits per heavy atom. The first-order valence-electron chi connectivity index (χ1n) is 11.1. The van der Waals surface area contributed by atoms with Crippen molar-refractivity contribution < 1.29 is 0 Å². The number of halogens is 2. The number of hydrogen-bond acceptors (Lipinski definition) is 1. The number of benzene rings is 2. The Kier molecular flexibility index (Phi) is 8.89. The molecule has 2 aromatic carbocycles. The number of imidazole rings is 1. The lowest BCUT2D eigenvalue weighted by atomic mass is 10.1. The van der Waals surface area contributed by atoms with Gasteiger partial charge >= 0.3 is 0 Å². The second kappa shape index (κ2) is 11.6. The third kappa shape index (κ3) is 6.23. The second-order valence-electron chi connectivity index (χ2n) is 7.88. The quantitative estimate of drug-likeness (QED) is 0.262. The fourth-order valence-electron chi connectivity index (χ4n) is 3.94. The van der Waals surface area contributed by atoms with E-state index in [2.05, 4.69) is 29.7 Å². The van der Waals surface area contributed by atoms with Gasteiger partial charge in [0.2, 0.25) is 0 Å². The summed E-state index contributed by atoms with van der Waals surface area (Å²) in [6, 6.07) is 14.0. The molecule has 29 heavy (non-hydrogen) atoms. The Bertz CT molecular complexity index is 901. The van der Waals surface area contributed by atoms with E-state index in [1.54, 1.807) is 6.07 Å². The molecule has 0 fully saturated rings. The van der Waals surface area contributed by atoms with E-state index in [9.17, 15) is 0 Å². The molecule has 1 aromatic heterocycles. The summed E-state index contributed by atoms with van der Waals surface area (Å²) in [6.45, 7) is 3.24. The summed E-state index contributed by atoms with van der Waals surface area (Å²) in [5, 5.41) is 1.30. The summed E-state index contributed by atoms with van der Waals surface area (Å²) in [4.78, 5) is 4.87. The number of aromatic nitrogens is 2. The Morgan fingerprint density at radius 3 is 2.14 bits per heavy atom. The van der Waals surface area contributed by atoms with Gasteiger partial charge < -0.3 is 4.57 Å². The summed E-state index contributed by atoms with van der Waals surface area (Å²) in [7, 11) is 0. The van der Waals surface area contributed by atoms with Crippen molar-refractivity contribution in [2.75, 3.05) is 0 Å². The SMILES string of the molecule is CCCCCCCCCCCCn1c(-c2ccc(Cl)cc2Cl)nc2ccccc21. The van der Waals surface area contributed by atoms with Gasteiger partial charge in [0, 0.05) is 17.1 Å². The van der Waals surface area contributed by atoms with Gasteiger partial charge in [-0.2, -0.15) is 0 Å². The van der Waals surface area contributed by atoms with Crippen molar-refractivity contribution in [1.82, 2.24) is 9.55 Å². The zero-order valence-corrected chi connectivity index (χ0v) is 19.0. The van der Waals surface area contributed by atoms with Crippen LogP contribution in [0.2, 0.25) is 10.0 Å². The molecule has 0 bridgehead atoms. The number of rotatable bonds is 12. The van der Waals surface area contributed by atoms with Crippen molar-refractivity contribution in [1.29, 1.82) is 0 Å². The maximum Gasteiger partial charge on any atom is 0.142 e. The van der Waals surface area contributed by atoms with Crippen molar-refractivity contribution in [3.63, 3.8) is 0 Å². The standard InChI is InChI=1S/C25H32Cl2N2/c1-2-3-4-5-6-7-8-9-10-13-18-29-24-15-12-11-14-23(24)28-25(29)21-17-16-20(26)19-22(21)27/h11-12,14-17,19H,2-10,13,18H2,1H3. The fourth-order valence-corrected chi connectivity index (χ4v) is 4.43. The topological polar surface area (TPSA) is 17.8 Å². The molecule has 0 saturated heterocycles. The third-order valence-corrected chi connectivity index (χ3v) is 6.11. The van der Waals surface area contributed by atoms with Crippen LogP contribution in [-0.4, -0.2) is 9.55 Å². The third-order valence-electron chi connectivity index (χ3n) is 5.56. The van der Waals surface area contributed by atoms with Crippen LogP contribution in [0.5, 0.6) is 0 Å². The molecular weight excluding hydrogens is 399 g/mol. The molecule has 1 heterocycles. The maximum atomic E-state index is 6.49. The summed E-state index contributed by atoms with van der Waals surface area (Å²) in [5.74, 6) is 0.934. The highest BCUT2D eigenvalue weighted by atomic mass is 35.5.